The van der Waals surface area contributed by atoms with Crippen LogP contribution >= 0.6 is 0 Å². The lowest BCUT2D eigenvalue weighted by Crippen LogP contribution is -2.58. The van der Waals surface area contributed by atoms with Crippen molar-refractivity contribution in [3.8, 4) is 0 Å². The SMILES string of the molecule is NC(CC(=O)O)C(=O)NC(CO)C(=O)NC(CC(=O)O)C(=O)NC(Cc1ccccc1)C(=O)O. The first-order valence-electron chi connectivity index (χ1n) is 9.92. The molecule has 1 aromatic rings. The fourth-order valence-electron chi connectivity index (χ4n) is 2.73. The van der Waals surface area contributed by atoms with Crippen molar-refractivity contribution in [1.29, 1.82) is 0 Å². The van der Waals surface area contributed by atoms with Crippen molar-refractivity contribution in [2.45, 2.75) is 43.4 Å². The highest BCUT2D eigenvalue weighted by Crippen LogP contribution is 2.05. The number of carboxylic acids is 3. The van der Waals surface area contributed by atoms with Crippen LogP contribution in [-0.4, -0.2) is 86.8 Å². The minimum atomic E-state index is -1.75. The van der Waals surface area contributed by atoms with Gasteiger partial charge < -0.3 is 42.1 Å². The molecule has 186 valence electrons. The number of aliphatic carboxylic acids is 3. The molecular formula is C20H26N4O10. The van der Waals surface area contributed by atoms with E-state index in [1.807, 2.05) is 10.6 Å². The van der Waals surface area contributed by atoms with E-state index in [1.165, 1.54) is 0 Å². The monoisotopic (exact) mass is 482 g/mol. The molecule has 3 amide bonds. The predicted molar refractivity (Wildman–Crippen MR) is 113 cm³/mol. The summed E-state index contributed by atoms with van der Waals surface area (Å²) in [5.74, 6) is -7.65. The van der Waals surface area contributed by atoms with Gasteiger partial charge >= 0.3 is 17.9 Å². The van der Waals surface area contributed by atoms with Gasteiger partial charge in [-0.05, 0) is 5.56 Å². The molecule has 0 heterocycles. The summed E-state index contributed by atoms with van der Waals surface area (Å²) < 4.78 is 0. The highest BCUT2D eigenvalue weighted by molar-refractivity contribution is 5.96. The molecule has 0 radical (unpaired) electrons. The van der Waals surface area contributed by atoms with Gasteiger partial charge in [0.1, 0.15) is 18.1 Å². The fourth-order valence-corrected chi connectivity index (χ4v) is 2.73. The van der Waals surface area contributed by atoms with E-state index in [2.05, 4.69) is 5.32 Å². The van der Waals surface area contributed by atoms with E-state index < -0.39 is 79.2 Å². The molecule has 1 rings (SSSR count). The number of aliphatic hydroxyl groups is 1. The van der Waals surface area contributed by atoms with Crippen molar-refractivity contribution < 1.29 is 49.2 Å². The summed E-state index contributed by atoms with van der Waals surface area (Å²) in [4.78, 5) is 70.3. The first-order chi connectivity index (χ1) is 15.9. The van der Waals surface area contributed by atoms with Crippen LogP contribution in [0.5, 0.6) is 0 Å². The number of benzene rings is 1. The standard InChI is InChI=1S/C20H26N4O10/c21-11(7-15(26)27)17(30)24-14(9-25)19(32)22-12(8-16(28)29)18(31)23-13(20(33)34)6-10-4-2-1-3-5-10/h1-5,11-14,25H,6-9,21H2,(H,22,32)(H,23,31)(H,24,30)(H,26,27)(H,28,29)(H,33,34). The Morgan fingerprint density at radius 1 is 0.735 bits per heavy atom. The Morgan fingerprint density at radius 3 is 1.74 bits per heavy atom. The van der Waals surface area contributed by atoms with E-state index in [0.29, 0.717) is 5.56 Å². The summed E-state index contributed by atoms with van der Waals surface area (Å²) in [5, 5.41) is 42.8. The molecule has 0 bridgehead atoms. The van der Waals surface area contributed by atoms with Gasteiger partial charge in [-0.3, -0.25) is 24.0 Å². The Morgan fingerprint density at radius 2 is 1.24 bits per heavy atom. The molecule has 4 unspecified atom stereocenters. The predicted octanol–water partition coefficient (Wildman–Crippen LogP) is -2.96. The third kappa shape index (κ3) is 9.62. The Bertz CT molecular complexity index is 908. The molecule has 14 nitrogen and oxygen atoms in total. The molecule has 0 aromatic heterocycles. The number of carboxylic acid groups (broad SMARTS) is 3. The first-order valence-corrected chi connectivity index (χ1v) is 9.92. The lowest BCUT2D eigenvalue weighted by atomic mass is 10.0. The van der Waals surface area contributed by atoms with Crippen molar-refractivity contribution in [2.24, 2.45) is 5.73 Å². The molecule has 9 N–H and O–H groups in total. The van der Waals surface area contributed by atoms with E-state index in [9.17, 15) is 39.0 Å². The van der Waals surface area contributed by atoms with E-state index in [-0.39, 0.29) is 6.42 Å². The van der Waals surface area contributed by atoms with E-state index in [4.69, 9.17) is 15.9 Å². The van der Waals surface area contributed by atoms with Gasteiger partial charge in [-0.2, -0.15) is 0 Å². The number of nitrogens with one attached hydrogen (secondary N) is 3. The average molecular weight is 482 g/mol. The molecule has 0 aliphatic rings. The van der Waals surface area contributed by atoms with Gasteiger partial charge in [0, 0.05) is 6.42 Å². The topological polar surface area (TPSA) is 245 Å². The zero-order valence-electron chi connectivity index (χ0n) is 17.8. The van der Waals surface area contributed by atoms with Crippen LogP contribution in [0.25, 0.3) is 0 Å². The second-order valence-electron chi connectivity index (χ2n) is 7.20. The molecule has 0 aliphatic heterocycles. The third-order valence-corrected chi connectivity index (χ3v) is 4.46. The minimum absolute atomic E-state index is 0.119. The number of amides is 3. The zero-order chi connectivity index (χ0) is 25.8. The van der Waals surface area contributed by atoms with Crippen molar-refractivity contribution >= 4 is 35.6 Å². The van der Waals surface area contributed by atoms with Crippen LogP contribution in [0.4, 0.5) is 0 Å². The second-order valence-corrected chi connectivity index (χ2v) is 7.20. The molecule has 14 heteroatoms. The van der Waals surface area contributed by atoms with Gasteiger partial charge in [0.25, 0.3) is 0 Å². The number of nitrogens with two attached hydrogens (primary N) is 1. The Kier molecular flexibility index (Phi) is 11.1. The van der Waals surface area contributed by atoms with Crippen LogP contribution in [0.15, 0.2) is 30.3 Å². The van der Waals surface area contributed by atoms with Crippen LogP contribution in [0, 0.1) is 0 Å². The van der Waals surface area contributed by atoms with Crippen molar-refractivity contribution in [3.63, 3.8) is 0 Å². The van der Waals surface area contributed by atoms with Crippen molar-refractivity contribution in [2.75, 3.05) is 6.61 Å². The van der Waals surface area contributed by atoms with Gasteiger partial charge in [-0.15, -0.1) is 0 Å². The number of carbonyl (C=O) groups is 6. The molecule has 0 saturated carbocycles. The van der Waals surface area contributed by atoms with E-state index >= 15 is 0 Å². The molecule has 0 fully saturated rings. The summed E-state index contributed by atoms with van der Waals surface area (Å²) >= 11 is 0. The summed E-state index contributed by atoms with van der Waals surface area (Å²) in [7, 11) is 0. The quantitative estimate of drug-likeness (QED) is 0.133. The van der Waals surface area contributed by atoms with Crippen LogP contribution in [0.2, 0.25) is 0 Å². The summed E-state index contributed by atoms with van der Waals surface area (Å²) in [6, 6.07) is 1.88. The van der Waals surface area contributed by atoms with Gasteiger partial charge in [0.15, 0.2) is 0 Å². The number of carbonyl (C=O) groups excluding carboxylic acids is 3. The highest BCUT2D eigenvalue weighted by atomic mass is 16.4. The van der Waals surface area contributed by atoms with Gasteiger partial charge in [0.2, 0.25) is 17.7 Å². The Labute approximate surface area is 193 Å². The van der Waals surface area contributed by atoms with E-state index in [0.717, 1.165) is 0 Å². The molecular weight excluding hydrogens is 456 g/mol. The van der Waals surface area contributed by atoms with Gasteiger partial charge in [-0.25, -0.2) is 4.79 Å². The van der Waals surface area contributed by atoms with Crippen LogP contribution in [0.1, 0.15) is 18.4 Å². The summed E-state index contributed by atoms with van der Waals surface area (Å²) in [6.07, 6.45) is -1.81. The molecule has 0 saturated heterocycles. The van der Waals surface area contributed by atoms with Gasteiger partial charge in [0.05, 0.1) is 25.5 Å². The zero-order valence-corrected chi connectivity index (χ0v) is 17.8. The molecule has 4 atom stereocenters. The number of rotatable bonds is 14. The molecule has 0 aliphatic carbocycles. The van der Waals surface area contributed by atoms with Crippen molar-refractivity contribution in [3.05, 3.63) is 35.9 Å². The minimum Gasteiger partial charge on any atom is -0.481 e. The summed E-state index contributed by atoms with van der Waals surface area (Å²) in [6.45, 7) is -0.982. The van der Waals surface area contributed by atoms with E-state index in [1.54, 1.807) is 30.3 Å². The lowest BCUT2D eigenvalue weighted by molar-refractivity contribution is -0.143. The maximum atomic E-state index is 12.6. The molecule has 1 aromatic carbocycles. The van der Waals surface area contributed by atoms with Crippen LogP contribution in [-0.2, 0) is 35.2 Å². The third-order valence-electron chi connectivity index (χ3n) is 4.46. The number of hydrogen-bond donors (Lipinski definition) is 8. The van der Waals surface area contributed by atoms with Gasteiger partial charge in [-0.1, -0.05) is 30.3 Å². The molecule has 0 spiro atoms. The average Bonchev–Trinajstić information content (AvgIpc) is 2.75. The lowest BCUT2D eigenvalue weighted by Gasteiger charge is -2.23. The number of hydrogen-bond acceptors (Lipinski definition) is 8. The molecule has 34 heavy (non-hydrogen) atoms. The summed E-state index contributed by atoms with van der Waals surface area (Å²) in [5.41, 5.74) is 5.96. The maximum Gasteiger partial charge on any atom is 0.326 e. The number of aliphatic hydroxyl groups excluding tert-OH is 1. The fraction of sp³-hybridized carbons (Fsp3) is 0.400. The van der Waals surface area contributed by atoms with Crippen molar-refractivity contribution in [1.82, 2.24) is 16.0 Å². The normalized spacial score (nSPS) is 14.1. The maximum absolute atomic E-state index is 12.6. The van der Waals surface area contributed by atoms with Crippen LogP contribution < -0.4 is 21.7 Å². The Hall–Kier alpha value is -4.04. The first kappa shape index (κ1) is 28.0. The second kappa shape index (κ2) is 13.5. The highest BCUT2D eigenvalue weighted by Gasteiger charge is 2.31. The van der Waals surface area contributed by atoms with Crippen LogP contribution in [0.3, 0.4) is 0 Å². The largest absolute Gasteiger partial charge is 0.481 e. The smallest absolute Gasteiger partial charge is 0.326 e. The Balaban J connectivity index is 2.91.